The Morgan fingerprint density at radius 1 is 1.50 bits per heavy atom. The molecule has 1 heterocycles. The third kappa shape index (κ3) is 3.11. The molecular weight excluding hydrogens is 150 g/mol. The van der Waals surface area contributed by atoms with Crippen molar-refractivity contribution in [3.05, 3.63) is 0 Å². The van der Waals surface area contributed by atoms with Crippen LogP contribution in [0, 0.1) is 5.92 Å². The Morgan fingerprint density at radius 2 is 2.25 bits per heavy atom. The van der Waals surface area contributed by atoms with Gasteiger partial charge < -0.3 is 10.4 Å². The second-order valence-electron chi connectivity index (χ2n) is 4.44. The lowest BCUT2D eigenvalue weighted by Crippen LogP contribution is -2.45. The molecule has 0 aliphatic carbocycles. The van der Waals surface area contributed by atoms with Gasteiger partial charge in [0.15, 0.2) is 0 Å². The number of aliphatic hydroxyl groups is 1. The van der Waals surface area contributed by atoms with Gasteiger partial charge >= 0.3 is 0 Å². The molecule has 0 amide bonds. The maximum absolute atomic E-state index is 10.1. The minimum Gasteiger partial charge on any atom is -0.389 e. The standard InChI is InChI=1S/C10H21NO/c1-9(2)4-6-10(12)5-3-7-11-8-10/h9,11-12H,3-8H2,1-2H3. The van der Waals surface area contributed by atoms with Crippen LogP contribution in [-0.4, -0.2) is 23.8 Å². The number of rotatable bonds is 3. The van der Waals surface area contributed by atoms with Crippen LogP contribution < -0.4 is 5.32 Å². The van der Waals surface area contributed by atoms with E-state index in [9.17, 15) is 5.11 Å². The summed E-state index contributed by atoms with van der Waals surface area (Å²) in [6.07, 6.45) is 4.19. The van der Waals surface area contributed by atoms with Gasteiger partial charge in [0.2, 0.25) is 0 Å². The van der Waals surface area contributed by atoms with E-state index in [1.807, 2.05) is 0 Å². The molecule has 2 nitrogen and oxygen atoms in total. The third-order valence-electron chi connectivity index (χ3n) is 2.64. The van der Waals surface area contributed by atoms with Crippen LogP contribution in [0.5, 0.6) is 0 Å². The van der Waals surface area contributed by atoms with Gasteiger partial charge in [0.25, 0.3) is 0 Å². The molecule has 0 spiro atoms. The molecule has 0 saturated carbocycles. The molecule has 1 saturated heterocycles. The summed E-state index contributed by atoms with van der Waals surface area (Å²) in [5.41, 5.74) is -0.400. The highest BCUT2D eigenvalue weighted by Crippen LogP contribution is 2.23. The molecule has 0 radical (unpaired) electrons. The minimum atomic E-state index is -0.400. The van der Waals surface area contributed by atoms with Crippen LogP contribution in [0.1, 0.15) is 39.5 Å². The zero-order valence-corrected chi connectivity index (χ0v) is 8.27. The van der Waals surface area contributed by atoms with E-state index in [4.69, 9.17) is 0 Å². The molecule has 1 fully saturated rings. The lowest BCUT2D eigenvalue weighted by atomic mass is 9.87. The normalized spacial score (nSPS) is 31.0. The maximum atomic E-state index is 10.1. The van der Waals surface area contributed by atoms with E-state index in [0.29, 0.717) is 5.92 Å². The van der Waals surface area contributed by atoms with Crippen LogP contribution in [0.15, 0.2) is 0 Å². The van der Waals surface area contributed by atoms with Gasteiger partial charge in [-0.3, -0.25) is 0 Å². The maximum Gasteiger partial charge on any atom is 0.0772 e. The van der Waals surface area contributed by atoms with Crippen LogP contribution >= 0.6 is 0 Å². The average molecular weight is 171 g/mol. The molecular formula is C10H21NO. The summed E-state index contributed by atoms with van der Waals surface area (Å²) in [4.78, 5) is 0. The average Bonchev–Trinajstić information content (AvgIpc) is 2.03. The largest absolute Gasteiger partial charge is 0.389 e. The van der Waals surface area contributed by atoms with E-state index in [-0.39, 0.29) is 0 Å². The van der Waals surface area contributed by atoms with E-state index in [0.717, 1.165) is 38.8 Å². The van der Waals surface area contributed by atoms with E-state index >= 15 is 0 Å². The van der Waals surface area contributed by atoms with Gasteiger partial charge in [0, 0.05) is 6.54 Å². The van der Waals surface area contributed by atoms with Crippen LogP contribution in [-0.2, 0) is 0 Å². The Kier molecular flexibility index (Phi) is 3.53. The highest BCUT2D eigenvalue weighted by molar-refractivity contribution is 4.85. The van der Waals surface area contributed by atoms with Crippen molar-refractivity contribution in [3.8, 4) is 0 Å². The van der Waals surface area contributed by atoms with Crippen LogP contribution in [0.3, 0.4) is 0 Å². The third-order valence-corrected chi connectivity index (χ3v) is 2.64. The first kappa shape index (κ1) is 10.0. The summed E-state index contributed by atoms with van der Waals surface area (Å²) in [5, 5.41) is 13.3. The van der Waals surface area contributed by atoms with Gasteiger partial charge in [-0.1, -0.05) is 13.8 Å². The molecule has 12 heavy (non-hydrogen) atoms. The molecule has 0 aromatic rings. The first-order chi connectivity index (χ1) is 5.62. The van der Waals surface area contributed by atoms with E-state index in [1.165, 1.54) is 0 Å². The minimum absolute atomic E-state index is 0.400. The molecule has 72 valence electrons. The molecule has 0 aromatic heterocycles. The lowest BCUT2D eigenvalue weighted by molar-refractivity contribution is 0.00415. The van der Waals surface area contributed by atoms with Crippen molar-refractivity contribution in [2.75, 3.05) is 13.1 Å². The quantitative estimate of drug-likeness (QED) is 0.675. The topological polar surface area (TPSA) is 32.3 Å². The molecule has 2 heteroatoms. The molecule has 1 atom stereocenters. The fourth-order valence-electron chi connectivity index (χ4n) is 1.72. The van der Waals surface area contributed by atoms with E-state index in [2.05, 4.69) is 19.2 Å². The number of hydrogen-bond acceptors (Lipinski definition) is 2. The number of β-amino-alcohol motifs (C(OH)–C–C–N with tert-alkyl or cyclic N) is 1. The van der Waals surface area contributed by atoms with Crippen molar-refractivity contribution in [2.24, 2.45) is 5.92 Å². The van der Waals surface area contributed by atoms with Crippen molar-refractivity contribution in [2.45, 2.75) is 45.1 Å². The van der Waals surface area contributed by atoms with Gasteiger partial charge in [0.1, 0.15) is 0 Å². The first-order valence-corrected chi connectivity index (χ1v) is 5.05. The fourth-order valence-corrected chi connectivity index (χ4v) is 1.72. The van der Waals surface area contributed by atoms with Crippen molar-refractivity contribution >= 4 is 0 Å². The molecule has 0 aromatic carbocycles. The second kappa shape index (κ2) is 4.24. The van der Waals surface area contributed by atoms with Gasteiger partial charge in [-0.2, -0.15) is 0 Å². The number of nitrogens with one attached hydrogen (secondary N) is 1. The molecule has 0 bridgehead atoms. The molecule has 1 rings (SSSR count). The van der Waals surface area contributed by atoms with Crippen molar-refractivity contribution in [1.82, 2.24) is 5.32 Å². The van der Waals surface area contributed by atoms with Crippen molar-refractivity contribution < 1.29 is 5.11 Å². The van der Waals surface area contributed by atoms with Crippen LogP contribution in [0.4, 0.5) is 0 Å². The highest BCUT2D eigenvalue weighted by atomic mass is 16.3. The lowest BCUT2D eigenvalue weighted by Gasteiger charge is -2.33. The molecule has 2 N–H and O–H groups in total. The van der Waals surface area contributed by atoms with Crippen molar-refractivity contribution in [3.63, 3.8) is 0 Å². The first-order valence-electron chi connectivity index (χ1n) is 5.05. The van der Waals surface area contributed by atoms with Crippen molar-refractivity contribution in [1.29, 1.82) is 0 Å². The number of hydrogen-bond donors (Lipinski definition) is 2. The summed E-state index contributed by atoms with van der Waals surface area (Å²) >= 11 is 0. The zero-order chi connectivity index (χ0) is 9.03. The highest BCUT2D eigenvalue weighted by Gasteiger charge is 2.28. The molecule has 1 aliphatic heterocycles. The smallest absolute Gasteiger partial charge is 0.0772 e. The molecule has 1 aliphatic rings. The fraction of sp³-hybridized carbons (Fsp3) is 1.00. The summed E-state index contributed by atoms with van der Waals surface area (Å²) in [7, 11) is 0. The Bertz CT molecular complexity index is 128. The Balaban J connectivity index is 2.26. The van der Waals surface area contributed by atoms with Gasteiger partial charge in [-0.15, -0.1) is 0 Å². The van der Waals surface area contributed by atoms with Crippen LogP contribution in [0.25, 0.3) is 0 Å². The summed E-state index contributed by atoms with van der Waals surface area (Å²) in [6, 6.07) is 0. The van der Waals surface area contributed by atoms with Gasteiger partial charge in [-0.25, -0.2) is 0 Å². The summed E-state index contributed by atoms with van der Waals surface area (Å²) < 4.78 is 0. The SMILES string of the molecule is CC(C)CCC1(O)CCCNC1. The predicted molar refractivity (Wildman–Crippen MR) is 51.1 cm³/mol. The predicted octanol–water partition coefficient (Wildman–Crippen LogP) is 1.54. The summed E-state index contributed by atoms with van der Waals surface area (Å²) in [6.45, 7) is 6.28. The van der Waals surface area contributed by atoms with E-state index in [1.54, 1.807) is 0 Å². The van der Waals surface area contributed by atoms with Gasteiger partial charge in [-0.05, 0) is 38.1 Å². The van der Waals surface area contributed by atoms with Crippen LogP contribution in [0.2, 0.25) is 0 Å². The molecule has 1 unspecified atom stereocenters. The summed E-state index contributed by atoms with van der Waals surface area (Å²) in [5.74, 6) is 0.705. The second-order valence-corrected chi connectivity index (χ2v) is 4.44. The zero-order valence-electron chi connectivity index (χ0n) is 8.27. The Hall–Kier alpha value is -0.0800. The Labute approximate surface area is 75.4 Å². The van der Waals surface area contributed by atoms with Gasteiger partial charge in [0.05, 0.1) is 5.60 Å². The number of piperidine rings is 1. The van der Waals surface area contributed by atoms with E-state index < -0.39 is 5.60 Å². The monoisotopic (exact) mass is 171 g/mol. The Morgan fingerprint density at radius 3 is 2.75 bits per heavy atom.